The summed E-state index contributed by atoms with van der Waals surface area (Å²) in [5, 5.41) is 21.0. The zero-order valence-electron chi connectivity index (χ0n) is 38.4. The fourth-order valence-corrected chi connectivity index (χ4v) is 7.09. The Morgan fingerprint density at radius 2 is 1.37 bits per heavy atom. The number of hydrogen-bond acceptors (Lipinski definition) is 12. The molecule has 4 amide bonds. The molecule has 360 valence electrons. The van der Waals surface area contributed by atoms with E-state index in [0.717, 1.165) is 60.7 Å². The number of ether oxygens (including phenoxy) is 2. The predicted octanol–water partition coefficient (Wildman–Crippen LogP) is 5.55. The number of likely N-dealkylation sites (tertiary alicyclic amines) is 1. The maximum atomic E-state index is 11.9. The van der Waals surface area contributed by atoms with Crippen molar-refractivity contribution in [3.05, 3.63) is 88.0 Å². The summed E-state index contributed by atoms with van der Waals surface area (Å²) in [6.45, 7) is 19.5. The number of pyridine rings is 2. The number of anilines is 1. The highest BCUT2D eigenvalue weighted by Gasteiger charge is 2.33. The van der Waals surface area contributed by atoms with Gasteiger partial charge in [-0.2, -0.15) is 0 Å². The molecule has 0 radical (unpaired) electrons. The monoisotopic (exact) mass is 926 g/mol. The van der Waals surface area contributed by atoms with Crippen molar-refractivity contribution in [3.8, 4) is 0 Å². The van der Waals surface area contributed by atoms with E-state index < -0.39 is 29.7 Å². The molecule has 3 fully saturated rings. The number of nitrogens with zero attached hydrogens (tertiary/aromatic N) is 4. The lowest BCUT2D eigenvalue weighted by Gasteiger charge is -2.24. The Balaban J connectivity index is 0.000000307. The van der Waals surface area contributed by atoms with Crippen molar-refractivity contribution in [3.63, 3.8) is 0 Å². The van der Waals surface area contributed by atoms with E-state index >= 15 is 0 Å². The van der Waals surface area contributed by atoms with E-state index in [0.29, 0.717) is 39.1 Å². The Kier molecular flexibility index (Phi) is 24.3. The molecular weight excluding hydrogens is 854 g/mol. The minimum absolute atomic E-state index is 0. The lowest BCUT2D eigenvalue weighted by Crippen LogP contribution is -2.38. The maximum Gasteiger partial charge on any atom is 0.410 e. The Morgan fingerprint density at radius 3 is 1.91 bits per heavy atom. The molecule has 7 N–H and O–H groups in total. The van der Waals surface area contributed by atoms with E-state index in [1.807, 2.05) is 56.6 Å². The van der Waals surface area contributed by atoms with Gasteiger partial charge in [0.05, 0.1) is 17.8 Å². The Labute approximate surface area is 389 Å². The van der Waals surface area contributed by atoms with Crippen LogP contribution in [0.15, 0.2) is 55.1 Å². The molecule has 1 aromatic carbocycles. The molecule has 6 rings (SSSR count). The lowest BCUT2D eigenvalue weighted by atomic mass is 10.1. The summed E-state index contributed by atoms with van der Waals surface area (Å²) in [6.07, 6.45) is 8.66. The molecule has 2 aromatic heterocycles. The molecule has 3 unspecified atom stereocenters. The first-order valence-electron chi connectivity index (χ1n) is 21.7. The topological polar surface area (TPSA) is 230 Å². The van der Waals surface area contributed by atoms with Gasteiger partial charge in [0.25, 0.3) is 0 Å². The predicted molar refractivity (Wildman–Crippen MR) is 254 cm³/mol. The number of carboxylic acid groups (broad SMARTS) is 1. The van der Waals surface area contributed by atoms with E-state index in [9.17, 15) is 24.0 Å². The fourth-order valence-electron chi connectivity index (χ4n) is 7.00. The molecule has 3 aromatic rings. The molecule has 17 nitrogen and oxygen atoms in total. The van der Waals surface area contributed by atoms with Crippen LogP contribution in [0.25, 0.3) is 0 Å². The number of amides is 4. The average Bonchev–Trinajstić information content (AvgIpc) is 4.07. The van der Waals surface area contributed by atoms with Gasteiger partial charge in [-0.05, 0) is 102 Å². The zero-order chi connectivity index (χ0) is 47.2. The Bertz CT molecular complexity index is 1920. The van der Waals surface area contributed by atoms with Crippen LogP contribution in [-0.4, -0.2) is 121 Å². The second-order valence-electron chi connectivity index (χ2n) is 16.9. The van der Waals surface area contributed by atoms with E-state index in [4.69, 9.17) is 31.9 Å². The number of nitrogens with one attached hydrogen (secondary N) is 4. The number of aryl methyl sites for hydroxylation is 4. The van der Waals surface area contributed by atoms with Crippen LogP contribution in [0.3, 0.4) is 0 Å². The van der Waals surface area contributed by atoms with E-state index in [1.165, 1.54) is 21.7 Å². The summed E-state index contributed by atoms with van der Waals surface area (Å²) in [5.41, 5.74) is 11.5. The van der Waals surface area contributed by atoms with Crippen LogP contribution in [0.4, 0.5) is 15.3 Å². The highest BCUT2D eigenvalue weighted by atomic mass is 35.5. The van der Waals surface area contributed by atoms with Crippen LogP contribution in [0.1, 0.15) is 75.3 Å². The number of rotatable bonds is 11. The van der Waals surface area contributed by atoms with Crippen molar-refractivity contribution in [1.29, 1.82) is 0 Å². The van der Waals surface area contributed by atoms with Crippen molar-refractivity contribution >= 4 is 47.3 Å². The molecule has 0 saturated carbocycles. The van der Waals surface area contributed by atoms with Crippen LogP contribution in [0, 0.1) is 45.4 Å². The summed E-state index contributed by atoms with van der Waals surface area (Å²) in [5.74, 6) is -1.01. The number of carbonyl (C=O) groups excluding carboxylic acids is 4. The first kappa shape index (κ1) is 55.6. The van der Waals surface area contributed by atoms with Crippen molar-refractivity contribution in [2.24, 2.45) is 23.5 Å². The summed E-state index contributed by atoms with van der Waals surface area (Å²) in [4.78, 5) is 69.2. The lowest BCUT2D eigenvalue weighted by molar-refractivity contribution is -0.141. The zero-order valence-corrected chi connectivity index (χ0v) is 39.1. The number of aliphatic carboxylic acids is 1. The second-order valence-corrected chi connectivity index (χ2v) is 17.3. The quantitative estimate of drug-likeness (QED) is 0.130. The van der Waals surface area contributed by atoms with Gasteiger partial charge in [0.2, 0.25) is 11.8 Å². The molecule has 65 heavy (non-hydrogen) atoms. The molecule has 3 aliphatic rings. The second kappa shape index (κ2) is 28.4. The number of nitrogens with two attached hydrogens (primary N) is 1. The number of carboxylic acids is 1. The first-order valence-corrected chi connectivity index (χ1v) is 22.1. The molecule has 0 spiro atoms. The first-order chi connectivity index (χ1) is 30.4. The third-order valence-corrected chi connectivity index (χ3v) is 11.0. The van der Waals surface area contributed by atoms with Crippen molar-refractivity contribution in [2.75, 3.05) is 70.3 Å². The van der Waals surface area contributed by atoms with Crippen LogP contribution >= 0.6 is 11.6 Å². The smallest absolute Gasteiger partial charge is 0.410 e. The largest absolute Gasteiger partial charge is 0.481 e. The van der Waals surface area contributed by atoms with Gasteiger partial charge in [-0.15, -0.1) is 0 Å². The van der Waals surface area contributed by atoms with E-state index in [-0.39, 0.29) is 44.2 Å². The van der Waals surface area contributed by atoms with Crippen molar-refractivity contribution in [2.45, 2.75) is 87.4 Å². The minimum Gasteiger partial charge on any atom is -0.481 e. The minimum atomic E-state index is -0.846. The van der Waals surface area contributed by atoms with Crippen LogP contribution in [-0.2, 0) is 30.5 Å². The van der Waals surface area contributed by atoms with Gasteiger partial charge in [-0.1, -0.05) is 49.4 Å². The summed E-state index contributed by atoms with van der Waals surface area (Å²) in [6, 6.07) is 9.48. The fraction of sp³-hybridized carbons (Fsp3) is 0.553. The van der Waals surface area contributed by atoms with Gasteiger partial charge in [0, 0.05) is 94.4 Å². The number of aromatic nitrogens is 2. The van der Waals surface area contributed by atoms with Gasteiger partial charge in [-0.25, -0.2) is 9.59 Å². The average molecular weight is 927 g/mol. The summed E-state index contributed by atoms with van der Waals surface area (Å²) < 4.78 is 10.2. The van der Waals surface area contributed by atoms with E-state index in [1.54, 1.807) is 33.2 Å². The van der Waals surface area contributed by atoms with Crippen LogP contribution < -0.4 is 31.9 Å². The van der Waals surface area contributed by atoms with Gasteiger partial charge in [0.1, 0.15) is 12.2 Å². The Morgan fingerprint density at radius 1 is 0.800 bits per heavy atom. The standard InChI is InChI=1S/C15H21N3O3.C14H22N4O.C10H17NO4.C7H8ClN.CH4/c19-14(13-6-7-16-10-13)17-8-9-18-15(20)21-11-12-4-2-1-3-5-12;1-10-7-16-8-11(2)13(10)18-6-3-12(9-18)14(19)17-5-4-15;1-10(2,3)15-9(14)11-5-4-7(6-11)8(12)13;1-5-3-9-4-6(2)7(5)8;/h1-5,13,16H,6-11H2,(H,17,19)(H,18,20);7-8,12H,3-6,9,15H2,1-2H3,(H,17,19);7H,4-6H2,1-3H3,(H,12,13);3-4H,1-2H3;1H4. The van der Waals surface area contributed by atoms with Crippen molar-refractivity contribution < 1.29 is 38.6 Å². The number of halogens is 1. The molecule has 5 heterocycles. The molecule has 0 aliphatic carbocycles. The summed E-state index contributed by atoms with van der Waals surface area (Å²) >= 11 is 5.84. The highest BCUT2D eigenvalue weighted by molar-refractivity contribution is 6.32. The van der Waals surface area contributed by atoms with E-state index in [2.05, 4.69) is 50.0 Å². The molecule has 3 aliphatic heterocycles. The normalized spacial score (nSPS) is 17.3. The van der Waals surface area contributed by atoms with Crippen molar-refractivity contribution in [1.82, 2.24) is 36.1 Å². The third-order valence-electron chi connectivity index (χ3n) is 10.4. The van der Waals surface area contributed by atoms with Gasteiger partial charge in [-0.3, -0.25) is 24.4 Å². The maximum absolute atomic E-state index is 11.9. The molecule has 18 heteroatoms. The third kappa shape index (κ3) is 20.0. The SMILES string of the molecule is C.CC(C)(C)OC(=O)N1CCC(C(=O)O)C1.Cc1cncc(C)c1Cl.Cc1cncc(C)c1N1CCC(C(=O)NCCN)C1.O=C(NCCNC(=O)C1CCNC1)OCc1ccccc1. The Hall–Kier alpha value is -5.52. The number of carbonyl (C=O) groups is 5. The molecule has 3 atom stereocenters. The van der Waals surface area contributed by atoms with Gasteiger partial charge in [0.15, 0.2) is 0 Å². The highest BCUT2D eigenvalue weighted by Crippen LogP contribution is 2.29. The molecular formula is C47H72ClN9O8. The van der Waals surface area contributed by atoms with Crippen LogP contribution in [0.5, 0.6) is 0 Å². The number of hydrogen-bond donors (Lipinski definition) is 6. The number of alkyl carbamates (subject to hydrolysis) is 1. The van der Waals surface area contributed by atoms with Crippen LogP contribution in [0.2, 0.25) is 5.02 Å². The summed E-state index contributed by atoms with van der Waals surface area (Å²) in [7, 11) is 0. The number of benzene rings is 1. The van der Waals surface area contributed by atoms with Gasteiger partial charge < -0.3 is 51.4 Å². The van der Waals surface area contributed by atoms with Gasteiger partial charge >= 0.3 is 18.2 Å². The molecule has 0 bridgehead atoms. The molecule has 3 saturated heterocycles.